The summed E-state index contributed by atoms with van der Waals surface area (Å²) in [4.78, 5) is 26.1. The van der Waals surface area contributed by atoms with Crippen LogP contribution in [0.2, 0.25) is 0 Å². The molecule has 2 rings (SSSR count). The Bertz CT molecular complexity index is 667. The second-order valence-electron chi connectivity index (χ2n) is 4.17. The summed E-state index contributed by atoms with van der Waals surface area (Å²) in [5.74, 6) is -0.140. The van der Waals surface area contributed by atoms with Crippen LogP contribution < -0.4 is 5.32 Å². The van der Waals surface area contributed by atoms with E-state index in [0.29, 0.717) is 23.0 Å². The largest absolute Gasteiger partial charge is 0.325 e. The summed E-state index contributed by atoms with van der Waals surface area (Å²) in [5.41, 5.74) is 1.90. The molecule has 0 atom stereocenters. The fraction of sp³-hybridized carbons (Fsp3) is 0.231. The molecule has 1 amide bonds. The summed E-state index contributed by atoms with van der Waals surface area (Å²) in [5, 5.41) is 14.1. The summed E-state index contributed by atoms with van der Waals surface area (Å²) in [7, 11) is 0. The Kier molecular flexibility index (Phi) is 3.41. The molecule has 0 saturated carbocycles. The molecule has 0 fully saturated rings. The third-order valence-electron chi connectivity index (χ3n) is 2.73. The molecule has 98 valence electrons. The number of amides is 1. The molecule has 0 bridgehead atoms. The van der Waals surface area contributed by atoms with Crippen molar-refractivity contribution in [3.63, 3.8) is 0 Å². The van der Waals surface area contributed by atoms with E-state index in [0.717, 1.165) is 5.69 Å². The lowest BCUT2D eigenvalue weighted by Crippen LogP contribution is -2.10. The zero-order valence-electron chi connectivity index (χ0n) is 10.6. The minimum atomic E-state index is -0.468. The van der Waals surface area contributed by atoms with E-state index < -0.39 is 4.92 Å². The topological polar surface area (TPSA) is 85.1 Å². The lowest BCUT2D eigenvalue weighted by molar-refractivity contribution is -0.384. The number of fused-ring (bicyclic) bond motifs is 1. The van der Waals surface area contributed by atoms with Crippen LogP contribution in [0, 0.1) is 17.0 Å². The van der Waals surface area contributed by atoms with Gasteiger partial charge >= 0.3 is 0 Å². The number of carbonyl (C=O) groups excluding carboxylic acids is 1. The predicted octanol–water partition coefficient (Wildman–Crippen LogP) is 2.80. The van der Waals surface area contributed by atoms with E-state index >= 15 is 0 Å². The monoisotopic (exact) mass is 259 g/mol. The van der Waals surface area contributed by atoms with Crippen LogP contribution in [0.1, 0.15) is 19.0 Å². The Hall–Kier alpha value is -2.50. The molecule has 1 aromatic heterocycles. The van der Waals surface area contributed by atoms with Gasteiger partial charge < -0.3 is 5.32 Å². The number of aryl methyl sites for hydroxylation is 1. The van der Waals surface area contributed by atoms with Gasteiger partial charge in [0.05, 0.1) is 16.1 Å². The van der Waals surface area contributed by atoms with E-state index in [4.69, 9.17) is 0 Å². The standard InChI is InChI=1S/C13H13N3O3/c1-3-13(17)15-12-6-8(2)14-11-5-4-9(16(18)19)7-10(11)12/h4-7H,3H2,1-2H3,(H,14,15,17). The molecular weight excluding hydrogens is 246 g/mol. The Morgan fingerprint density at radius 3 is 2.79 bits per heavy atom. The molecule has 1 aromatic carbocycles. The number of non-ortho nitro benzene ring substituents is 1. The van der Waals surface area contributed by atoms with Crippen LogP contribution in [0.4, 0.5) is 11.4 Å². The summed E-state index contributed by atoms with van der Waals surface area (Å²) in [6.07, 6.45) is 0.345. The minimum Gasteiger partial charge on any atom is -0.325 e. The second kappa shape index (κ2) is 5.01. The van der Waals surface area contributed by atoms with Crippen LogP contribution in [0.5, 0.6) is 0 Å². The number of pyridine rings is 1. The summed E-state index contributed by atoms with van der Waals surface area (Å²) in [6.45, 7) is 3.55. The van der Waals surface area contributed by atoms with Crippen molar-refractivity contribution in [3.8, 4) is 0 Å². The number of nitrogens with one attached hydrogen (secondary N) is 1. The first-order chi connectivity index (χ1) is 9.01. The van der Waals surface area contributed by atoms with Gasteiger partial charge in [0.2, 0.25) is 5.91 Å². The molecule has 2 aromatic rings. The third kappa shape index (κ3) is 2.67. The molecular formula is C13H13N3O3. The van der Waals surface area contributed by atoms with Gasteiger partial charge in [-0.3, -0.25) is 19.9 Å². The first-order valence-corrected chi connectivity index (χ1v) is 5.87. The zero-order valence-corrected chi connectivity index (χ0v) is 10.6. The van der Waals surface area contributed by atoms with Gasteiger partial charge in [-0.2, -0.15) is 0 Å². The van der Waals surface area contributed by atoms with Gasteiger partial charge in [0, 0.05) is 29.6 Å². The summed E-state index contributed by atoms with van der Waals surface area (Å²) < 4.78 is 0. The van der Waals surface area contributed by atoms with Crippen molar-refractivity contribution in [1.29, 1.82) is 0 Å². The van der Waals surface area contributed by atoms with Crippen molar-refractivity contribution in [2.75, 3.05) is 5.32 Å². The van der Waals surface area contributed by atoms with E-state index in [9.17, 15) is 14.9 Å². The molecule has 1 N–H and O–H groups in total. The highest BCUT2D eigenvalue weighted by atomic mass is 16.6. The smallest absolute Gasteiger partial charge is 0.270 e. The molecule has 0 unspecified atom stereocenters. The summed E-state index contributed by atoms with van der Waals surface area (Å²) in [6, 6.07) is 6.12. The number of carbonyl (C=O) groups is 1. The van der Waals surface area contributed by atoms with Gasteiger partial charge in [0.15, 0.2) is 0 Å². The molecule has 0 aliphatic carbocycles. The Morgan fingerprint density at radius 1 is 1.42 bits per heavy atom. The van der Waals surface area contributed by atoms with Crippen molar-refractivity contribution in [2.45, 2.75) is 20.3 Å². The van der Waals surface area contributed by atoms with Gasteiger partial charge in [-0.15, -0.1) is 0 Å². The Balaban J connectivity index is 2.62. The van der Waals surface area contributed by atoms with Crippen LogP contribution in [0.15, 0.2) is 24.3 Å². The van der Waals surface area contributed by atoms with Gasteiger partial charge in [0.25, 0.3) is 5.69 Å². The number of anilines is 1. The van der Waals surface area contributed by atoms with Crippen LogP contribution in [0.25, 0.3) is 10.9 Å². The SMILES string of the molecule is CCC(=O)Nc1cc(C)nc2ccc([N+](=O)[O-])cc12. The van der Waals surface area contributed by atoms with E-state index in [2.05, 4.69) is 10.3 Å². The lowest BCUT2D eigenvalue weighted by Gasteiger charge is -2.08. The number of nitrogens with zero attached hydrogens (tertiary/aromatic N) is 2. The minimum absolute atomic E-state index is 0.0230. The van der Waals surface area contributed by atoms with Gasteiger partial charge in [-0.05, 0) is 19.1 Å². The molecule has 6 heteroatoms. The average molecular weight is 259 g/mol. The van der Waals surface area contributed by atoms with E-state index in [1.807, 2.05) is 6.92 Å². The van der Waals surface area contributed by atoms with Crippen LogP contribution in [-0.2, 0) is 4.79 Å². The number of nitro benzene ring substituents is 1. The number of benzene rings is 1. The van der Waals surface area contributed by atoms with Crippen molar-refractivity contribution >= 4 is 28.2 Å². The Morgan fingerprint density at radius 2 is 2.16 bits per heavy atom. The number of aromatic nitrogens is 1. The predicted molar refractivity (Wildman–Crippen MR) is 72.1 cm³/mol. The van der Waals surface area contributed by atoms with Crippen LogP contribution in [0.3, 0.4) is 0 Å². The van der Waals surface area contributed by atoms with Crippen molar-refractivity contribution in [3.05, 3.63) is 40.1 Å². The molecule has 6 nitrogen and oxygen atoms in total. The number of hydrogen-bond donors (Lipinski definition) is 1. The van der Waals surface area contributed by atoms with Crippen molar-refractivity contribution in [1.82, 2.24) is 4.98 Å². The first-order valence-electron chi connectivity index (χ1n) is 5.87. The number of rotatable bonds is 3. The van der Waals surface area contributed by atoms with Crippen LogP contribution in [-0.4, -0.2) is 15.8 Å². The second-order valence-corrected chi connectivity index (χ2v) is 4.17. The van der Waals surface area contributed by atoms with Gasteiger partial charge in [-0.25, -0.2) is 0 Å². The highest BCUT2D eigenvalue weighted by Crippen LogP contribution is 2.27. The molecule has 19 heavy (non-hydrogen) atoms. The lowest BCUT2D eigenvalue weighted by atomic mass is 10.1. The van der Waals surface area contributed by atoms with Gasteiger partial charge in [-0.1, -0.05) is 6.92 Å². The normalized spacial score (nSPS) is 10.4. The fourth-order valence-electron chi connectivity index (χ4n) is 1.80. The maximum absolute atomic E-state index is 11.5. The fourth-order valence-corrected chi connectivity index (χ4v) is 1.80. The molecule has 0 radical (unpaired) electrons. The molecule has 0 saturated heterocycles. The highest BCUT2D eigenvalue weighted by Gasteiger charge is 2.11. The van der Waals surface area contributed by atoms with E-state index in [-0.39, 0.29) is 11.6 Å². The summed E-state index contributed by atoms with van der Waals surface area (Å²) >= 11 is 0. The van der Waals surface area contributed by atoms with Crippen LogP contribution >= 0.6 is 0 Å². The highest BCUT2D eigenvalue weighted by molar-refractivity contribution is 6.01. The number of hydrogen-bond acceptors (Lipinski definition) is 4. The average Bonchev–Trinajstić information content (AvgIpc) is 2.37. The third-order valence-corrected chi connectivity index (χ3v) is 2.73. The molecule has 1 heterocycles. The molecule has 0 aliphatic heterocycles. The quantitative estimate of drug-likeness (QED) is 0.678. The maximum atomic E-state index is 11.5. The zero-order chi connectivity index (χ0) is 14.0. The van der Waals surface area contributed by atoms with Crippen molar-refractivity contribution < 1.29 is 9.72 Å². The van der Waals surface area contributed by atoms with Crippen molar-refractivity contribution in [2.24, 2.45) is 0 Å². The first kappa shape index (κ1) is 12.9. The maximum Gasteiger partial charge on any atom is 0.270 e. The molecule has 0 aliphatic rings. The van der Waals surface area contributed by atoms with E-state index in [1.165, 1.54) is 12.1 Å². The molecule has 0 spiro atoms. The van der Waals surface area contributed by atoms with E-state index in [1.54, 1.807) is 19.1 Å². The Labute approximate surface area is 109 Å². The van der Waals surface area contributed by atoms with Gasteiger partial charge in [0.1, 0.15) is 0 Å². The number of nitro groups is 1.